The number of amides is 2. The molecule has 2 aromatic carbocycles. The Kier molecular flexibility index (Phi) is 5.63. The minimum atomic E-state index is -0.416. The summed E-state index contributed by atoms with van der Waals surface area (Å²) in [7, 11) is 3.02. The van der Waals surface area contributed by atoms with E-state index in [9.17, 15) is 14.0 Å². The maximum atomic E-state index is 13.2. The third-order valence-electron chi connectivity index (χ3n) is 4.40. The molecule has 0 radical (unpaired) electrons. The summed E-state index contributed by atoms with van der Waals surface area (Å²) in [5.74, 6) is -0.226. The maximum Gasteiger partial charge on any atom is 0.278 e. The van der Waals surface area contributed by atoms with Crippen LogP contribution < -0.4 is 14.8 Å². The van der Waals surface area contributed by atoms with E-state index in [-0.39, 0.29) is 23.0 Å². The quantitative estimate of drug-likeness (QED) is 0.741. The zero-order valence-corrected chi connectivity index (χ0v) is 15.9. The molecular weight excluding hydrogens is 363 g/mol. The average Bonchev–Trinajstić information content (AvgIpc) is 2.93. The van der Waals surface area contributed by atoms with Crippen molar-refractivity contribution in [3.8, 4) is 11.5 Å². The maximum absolute atomic E-state index is 13.2. The molecule has 0 atom stereocenters. The molecular formula is C21H21FN2O4. The third kappa shape index (κ3) is 3.55. The lowest BCUT2D eigenvalue weighted by molar-refractivity contribution is -0.136. The van der Waals surface area contributed by atoms with Crippen LogP contribution in [0.25, 0.3) is 5.57 Å². The van der Waals surface area contributed by atoms with Gasteiger partial charge in [0, 0.05) is 12.2 Å². The van der Waals surface area contributed by atoms with E-state index < -0.39 is 5.91 Å². The van der Waals surface area contributed by atoms with E-state index >= 15 is 0 Å². The second kappa shape index (κ2) is 8.12. The Hall–Kier alpha value is -3.35. The van der Waals surface area contributed by atoms with Crippen LogP contribution in [0.5, 0.6) is 11.5 Å². The first kappa shape index (κ1) is 19.4. The second-order valence-electron chi connectivity index (χ2n) is 6.21. The minimum Gasteiger partial charge on any atom is -0.493 e. The van der Waals surface area contributed by atoms with Gasteiger partial charge in [-0.15, -0.1) is 0 Å². The average molecular weight is 384 g/mol. The number of imide groups is 1. The molecule has 1 aliphatic rings. The van der Waals surface area contributed by atoms with E-state index in [4.69, 9.17) is 9.47 Å². The molecule has 0 spiro atoms. The Bertz CT molecular complexity index is 938. The first-order valence-corrected chi connectivity index (χ1v) is 8.85. The Balaban J connectivity index is 2.10. The van der Waals surface area contributed by atoms with Crippen LogP contribution >= 0.6 is 0 Å². The number of anilines is 1. The minimum absolute atomic E-state index is 0.150. The van der Waals surface area contributed by atoms with Crippen LogP contribution in [0.15, 0.2) is 48.2 Å². The highest BCUT2D eigenvalue weighted by molar-refractivity contribution is 6.36. The van der Waals surface area contributed by atoms with Crippen molar-refractivity contribution in [2.75, 3.05) is 26.1 Å². The van der Waals surface area contributed by atoms with Crippen LogP contribution in [0.4, 0.5) is 10.1 Å². The monoisotopic (exact) mass is 384 g/mol. The van der Waals surface area contributed by atoms with Gasteiger partial charge in [0.1, 0.15) is 11.5 Å². The zero-order chi connectivity index (χ0) is 20.3. The molecule has 0 fully saturated rings. The van der Waals surface area contributed by atoms with E-state index in [1.165, 1.54) is 43.4 Å². The van der Waals surface area contributed by atoms with Gasteiger partial charge in [0.25, 0.3) is 11.8 Å². The second-order valence-corrected chi connectivity index (χ2v) is 6.21. The van der Waals surface area contributed by atoms with Crippen LogP contribution in [-0.2, 0) is 9.59 Å². The van der Waals surface area contributed by atoms with Gasteiger partial charge in [-0.3, -0.25) is 14.5 Å². The number of nitrogens with one attached hydrogen (secondary N) is 1. The summed E-state index contributed by atoms with van der Waals surface area (Å²) >= 11 is 0. The van der Waals surface area contributed by atoms with Gasteiger partial charge in [-0.1, -0.05) is 13.0 Å². The van der Waals surface area contributed by atoms with E-state index in [1.807, 2.05) is 6.92 Å². The number of nitrogens with zero attached hydrogens (tertiary/aromatic N) is 1. The van der Waals surface area contributed by atoms with Crippen molar-refractivity contribution in [1.82, 2.24) is 4.90 Å². The Morgan fingerprint density at radius 1 is 0.964 bits per heavy atom. The van der Waals surface area contributed by atoms with Crippen LogP contribution in [0.1, 0.15) is 18.9 Å². The summed E-state index contributed by atoms with van der Waals surface area (Å²) < 4.78 is 23.8. The number of rotatable bonds is 7. The lowest BCUT2D eigenvalue weighted by Gasteiger charge is -2.14. The molecule has 0 aromatic heterocycles. The smallest absolute Gasteiger partial charge is 0.278 e. The number of carbonyl (C=O) groups excluding carboxylic acids is 2. The number of hydrogen-bond acceptors (Lipinski definition) is 5. The van der Waals surface area contributed by atoms with Gasteiger partial charge < -0.3 is 14.8 Å². The lowest BCUT2D eigenvalue weighted by Crippen LogP contribution is -2.33. The van der Waals surface area contributed by atoms with Crippen LogP contribution in [0, 0.1) is 5.82 Å². The molecule has 2 aromatic rings. The molecule has 0 saturated heterocycles. The molecule has 7 heteroatoms. The van der Waals surface area contributed by atoms with Gasteiger partial charge in [0.05, 0.1) is 19.8 Å². The van der Waals surface area contributed by atoms with Gasteiger partial charge in [-0.2, -0.15) is 0 Å². The summed E-state index contributed by atoms with van der Waals surface area (Å²) in [6.45, 7) is 2.20. The summed E-state index contributed by atoms with van der Waals surface area (Å²) in [6, 6.07) is 10.6. The van der Waals surface area contributed by atoms with Gasteiger partial charge >= 0.3 is 0 Å². The highest BCUT2D eigenvalue weighted by Crippen LogP contribution is 2.35. The van der Waals surface area contributed by atoms with Crippen molar-refractivity contribution in [1.29, 1.82) is 0 Å². The van der Waals surface area contributed by atoms with Gasteiger partial charge in [-0.25, -0.2) is 4.39 Å². The summed E-state index contributed by atoms with van der Waals surface area (Å²) in [5, 5.41) is 2.98. The first-order chi connectivity index (χ1) is 13.5. The van der Waals surface area contributed by atoms with Crippen molar-refractivity contribution in [3.05, 3.63) is 59.5 Å². The standard InChI is InChI=1S/C21H21FN2O4/c1-4-11-24-20(25)18(13-5-10-16(27-2)17(12-13)28-3)19(21(24)26)23-15-8-6-14(22)7-9-15/h5-10,12,23H,4,11H2,1-3H3. The first-order valence-electron chi connectivity index (χ1n) is 8.85. The largest absolute Gasteiger partial charge is 0.493 e. The van der Waals surface area contributed by atoms with Crippen LogP contribution in [0.3, 0.4) is 0 Å². The Morgan fingerprint density at radius 2 is 1.64 bits per heavy atom. The molecule has 28 heavy (non-hydrogen) atoms. The summed E-state index contributed by atoms with van der Waals surface area (Å²) in [4.78, 5) is 27.1. The fourth-order valence-corrected chi connectivity index (χ4v) is 3.06. The highest BCUT2D eigenvalue weighted by atomic mass is 19.1. The van der Waals surface area contributed by atoms with Crippen molar-refractivity contribution >= 4 is 23.1 Å². The lowest BCUT2D eigenvalue weighted by atomic mass is 10.0. The molecule has 1 heterocycles. The highest BCUT2D eigenvalue weighted by Gasteiger charge is 2.39. The van der Waals surface area contributed by atoms with Gasteiger partial charge in [-0.05, 0) is 48.4 Å². The van der Waals surface area contributed by atoms with Gasteiger partial charge in [0.15, 0.2) is 11.5 Å². The van der Waals surface area contributed by atoms with Crippen LogP contribution in [0.2, 0.25) is 0 Å². The Morgan fingerprint density at radius 3 is 2.25 bits per heavy atom. The predicted octanol–water partition coefficient (Wildman–Crippen LogP) is 3.44. The zero-order valence-electron chi connectivity index (χ0n) is 15.9. The number of methoxy groups -OCH3 is 2. The number of benzene rings is 2. The topological polar surface area (TPSA) is 67.9 Å². The summed E-state index contributed by atoms with van der Waals surface area (Å²) in [6.07, 6.45) is 0.639. The molecule has 0 bridgehead atoms. The third-order valence-corrected chi connectivity index (χ3v) is 4.40. The fourth-order valence-electron chi connectivity index (χ4n) is 3.06. The predicted molar refractivity (Wildman–Crippen MR) is 103 cm³/mol. The molecule has 6 nitrogen and oxygen atoms in total. The molecule has 0 aliphatic carbocycles. The molecule has 146 valence electrons. The molecule has 0 unspecified atom stereocenters. The normalized spacial score (nSPS) is 13.9. The van der Waals surface area contributed by atoms with Crippen molar-refractivity contribution < 1.29 is 23.5 Å². The SMILES string of the molecule is CCCN1C(=O)C(Nc2ccc(F)cc2)=C(c2ccc(OC)c(OC)c2)C1=O. The van der Waals surface area contributed by atoms with E-state index in [0.29, 0.717) is 35.7 Å². The molecule has 1 N–H and O–H groups in total. The molecule has 2 amide bonds. The molecule has 0 saturated carbocycles. The Labute approximate surface area is 162 Å². The number of hydrogen-bond donors (Lipinski definition) is 1. The number of ether oxygens (including phenoxy) is 2. The van der Waals surface area contributed by atoms with Crippen LogP contribution in [-0.4, -0.2) is 37.5 Å². The number of carbonyl (C=O) groups is 2. The number of halogens is 1. The van der Waals surface area contributed by atoms with E-state index in [1.54, 1.807) is 18.2 Å². The van der Waals surface area contributed by atoms with Gasteiger partial charge in [0.2, 0.25) is 0 Å². The van der Waals surface area contributed by atoms with E-state index in [2.05, 4.69) is 5.32 Å². The van der Waals surface area contributed by atoms with Crippen molar-refractivity contribution in [2.24, 2.45) is 0 Å². The molecule has 3 rings (SSSR count). The van der Waals surface area contributed by atoms with Crippen molar-refractivity contribution in [3.63, 3.8) is 0 Å². The summed E-state index contributed by atoms with van der Waals surface area (Å²) in [5.41, 5.74) is 1.43. The molecule has 1 aliphatic heterocycles. The van der Waals surface area contributed by atoms with Crippen molar-refractivity contribution in [2.45, 2.75) is 13.3 Å². The van der Waals surface area contributed by atoms with E-state index in [0.717, 1.165) is 0 Å². The fraction of sp³-hybridized carbons (Fsp3) is 0.238.